The van der Waals surface area contributed by atoms with E-state index in [9.17, 15) is 9.90 Å². The molecule has 0 aliphatic carbocycles. The van der Waals surface area contributed by atoms with Gasteiger partial charge in [0.2, 0.25) is 5.91 Å². The fourth-order valence-electron chi connectivity index (χ4n) is 3.02. The lowest BCUT2D eigenvalue weighted by molar-refractivity contribution is -0.126. The fourth-order valence-corrected chi connectivity index (χ4v) is 3.02. The van der Waals surface area contributed by atoms with Gasteiger partial charge in [-0.3, -0.25) is 9.69 Å². The SMILES string of the molecule is CC(O)CNC(=O)C1CCN(Cc2nnnn2-c2ccccc2)CC1. The van der Waals surface area contributed by atoms with Crippen LogP contribution >= 0.6 is 0 Å². The Morgan fingerprint density at radius 3 is 2.72 bits per heavy atom. The van der Waals surface area contributed by atoms with Gasteiger partial charge in [-0.15, -0.1) is 5.10 Å². The molecular weight excluding hydrogens is 320 g/mol. The van der Waals surface area contributed by atoms with E-state index in [-0.39, 0.29) is 11.8 Å². The van der Waals surface area contributed by atoms with Crippen LogP contribution in [0.15, 0.2) is 30.3 Å². The molecule has 25 heavy (non-hydrogen) atoms. The number of nitrogens with zero attached hydrogens (tertiary/aromatic N) is 5. The van der Waals surface area contributed by atoms with Gasteiger partial charge >= 0.3 is 0 Å². The summed E-state index contributed by atoms with van der Waals surface area (Å²) in [6.45, 7) is 4.29. The average Bonchev–Trinajstić information content (AvgIpc) is 3.09. The van der Waals surface area contributed by atoms with E-state index in [0.29, 0.717) is 13.1 Å². The Balaban J connectivity index is 1.53. The highest BCUT2D eigenvalue weighted by Gasteiger charge is 2.26. The monoisotopic (exact) mass is 344 g/mol. The molecule has 1 aliphatic heterocycles. The summed E-state index contributed by atoms with van der Waals surface area (Å²) < 4.78 is 1.75. The molecule has 2 aromatic rings. The number of nitrogens with one attached hydrogen (secondary N) is 1. The number of aromatic nitrogens is 4. The van der Waals surface area contributed by atoms with Gasteiger partial charge in [0.15, 0.2) is 5.82 Å². The number of hydrogen-bond donors (Lipinski definition) is 2. The number of para-hydroxylation sites is 1. The maximum atomic E-state index is 12.1. The van der Waals surface area contributed by atoms with Crippen molar-refractivity contribution < 1.29 is 9.90 Å². The molecule has 0 radical (unpaired) electrons. The number of rotatable bonds is 6. The first-order chi connectivity index (χ1) is 12.1. The number of benzene rings is 1. The Kier molecular flexibility index (Phi) is 5.72. The number of carbonyl (C=O) groups excluding carboxylic acids is 1. The van der Waals surface area contributed by atoms with Crippen LogP contribution in [0, 0.1) is 5.92 Å². The molecule has 0 spiro atoms. The van der Waals surface area contributed by atoms with Gasteiger partial charge in [-0.25, -0.2) is 0 Å². The summed E-state index contributed by atoms with van der Waals surface area (Å²) in [4.78, 5) is 14.4. The number of hydrogen-bond acceptors (Lipinski definition) is 6. The molecule has 8 nitrogen and oxygen atoms in total. The molecule has 2 N–H and O–H groups in total. The fraction of sp³-hybridized carbons (Fsp3) is 0.529. The topological polar surface area (TPSA) is 96.2 Å². The molecule has 1 amide bonds. The summed E-state index contributed by atoms with van der Waals surface area (Å²) in [5.74, 6) is 0.845. The minimum absolute atomic E-state index is 0.0140. The van der Waals surface area contributed by atoms with E-state index in [1.165, 1.54) is 0 Å². The number of carbonyl (C=O) groups is 1. The van der Waals surface area contributed by atoms with Crippen LogP contribution in [-0.4, -0.2) is 61.9 Å². The minimum Gasteiger partial charge on any atom is -0.392 e. The second-order valence-electron chi connectivity index (χ2n) is 6.49. The van der Waals surface area contributed by atoms with Gasteiger partial charge in [0.1, 0.15) is 0 Å². The number of tetrazole rings is 1. The molecule has 1 unspecified atom stereocenters. The Morgan fingerprint density at radius 1 is 1.32 bits per heavy atom. The quantitative estimate of drug-likeness (QED) is 0.786. The summed E-state index contributed by atoms with van der Waals surface area (Å²) >= 11 is 0. The zero-order valence-electron chi connectivity index (χ0n) is 14.4. The number of aliphatic hydroxyl groups is 1. The summed E-state index contributed by atoms with van der Waals surface area (Å²) in [5, 5.41) is 24.1. The molecule has 0 bridgehead atoms. The predicted molar refractivity (Wildman–Crippen MR) is 91.8 cm³/mol. The molecule has 8 heteroatoms. The second-order valence-corrected chi connectivity index (χ2v) is 6.49. The maximum Gasteiger partial charge on any atom is 0.223 e. The van der Waals surface area contributed by atoms with Gasteiger partial charge < -0.3 is 10.4 Å². The van der Waals surface area contributed by atoms with Crippen molar-refractivity contribution in [1.82, 2.24) is 30.4 Å². The molecule has 1 aromatic heterocycles. The Hall–Kier alpha value is -2.32. The van der Waals surface area contributed by atoms with Crippen LogP contribution < -0.4 is 5.32 Å². The lowest BCUT2D eigenvalue weighted by Gasteiger charge is -2.30. The molecular formula is C17H24N6O2. The number of aliphatic hydroxyl groups excluding tert-OH is 1. The standard InChI is InChI=1S/C17H24N6O2/c1-13(24)11-18-17(25)14-7-9-22(10-8-14)12-16-19-20-21-23(16)15-5-3-2-4-6-15/h2-6,13-14,24H,7-12H2,1H3,(H,18,25). The average molecular weight is 344 g/mol. The van der Waals surface area contributed by atoms with E-state index < -0.39 is 6.10 Å². The number of piperidine rings is 1. The zero-order valence-corrected chi connectivity index (χ0v) is 14.4. The van der Waals surface area contributed by atoms with Crippen LogP contribution in [0.4, 0.5) is 0 Å². The molecule has 0 saturated carbocycles. The highest BCUT2D eigenvalue weighted by molar-refractivity contribution is 5.78. The van der Waals surface area contributed by atoms with E-state index in [0.717, 1.165) is 37.4 Å². The van der Waals surface area contributed by atoms with Crippen molar-refractivity contribution in [3.05, 3.63) is 36.2 Å². The molecule has 1 aromatic carbocycles. The van der Waals surface area contributed by atoms with Crippen molar-refractivity contribution in [2.75, 3.05) is 19.6 Å². The van der Waals surface area contributed by atoms with Crippen molar-refractivity contribution in [1.29, 1.82) is 0 Å². The van der Waals surface area contributed by atoms with Crippen LogP contribution in [0.1, 0.15) is 25.6 Å². The molecule has 1 fully saturated rings. The summed E-state index contributed by atoms with van der Waals surface area (Å²) in [7, 11) is 0. The summed E-state index contributed by atoms with van der Waals surface area (Å²) in [5.41, 5.74) is 0.940. The maximum absolute atomic E-state index is 12.1. The first kappa shape index (κ1) is 17.5. The molecule has 1 aliphatic rings. The van der Waals surface area contributed by atoms with Gasteiger partial charge in [-0.1, -0.05) is 18.2 Å². The van der Waals surface area contributed by atoms with Crippen LogP contribution in [-0.2, 0) is 11.3 Å². The van der Waals surface area contributed by atoms with Crippen LogP contribution in [0.25, 0.3) is 5.69 Å². The third-order valence-corrected chi connectivity index (χ3v) is 4.43. The molecule has 2 heterocycles. The molecule has 3 rings (SSSR count). The molecule has 134 valence electrons. The second kappa shape index (κ2) is 8.17. The largest absolute Gasteiger partial charge is 0.392 e. The first-order valence-electron chi connectivity index (χ1n) is 8.64. The third-order valence-electron chi connectivity index (χ3n) is 4.43. The van der Waals surface area contributed by atoms with Gasteiger partial charge in [0.25, 0.3) is 0 Å². The van der Waals surface area contributed by atoms with Crippen molar-refractivity contribution >= 4 is 5.91 Å². The lowest BCUT2D eigenvalue weighted by Crippen LogP contribution is -2.42. The Morgan fingerprint density at radius 2 is 2.04 bits per heavy atom. The van der Waals surface area contributed by atoms with Gasteiger partial charge in [-0.2, -0.15) is 4.68 Å². The van der Waals surface area contributed by atoms with Gasteiger partial charge in [-0.05, 0) is 55.4 Å². The van der Waals surface area contributed by atoms with Crippen LogP contribution in [0.3, 0.4) is 0 Å². The third kappa shape index (κ3) is 4.61. The van der Waals surface area contributed by atoms with Crippen LogP contribution in [0.5, 0.6) is 0 Å². The molecule has 1 saturated heterocycles. The van der Waals surface area contributed by atoms with Crippen molar-refractivity contribution in [3.63, 3.8) is 0 Å². The number of amides is 1. The van der Waals surface area contributed by atoms with Crippen molar-refractivity contribution in [2.45, 2.75) is 32.4 Å². The lowest BCUT2D eigenvalue weighted by atomic mass is 9.96. The van der Waals surface area contributed by atoms with Gasteiger partial charge in [0.05, 0.1) is 18.3 Å². The summed E-state index contributed by atoms with van der Waals surface area (Å²) in [6.07, 6.45) is 1.10. The van der Waals surface area contributed by atoms with E-state index in [1.807, 2.05) is 30.3 Å². The van der Waals surface area contributed by atoms with E-state index >= 15 is 0 Å². The van der Waals surface area contributed by atoms with E-state index in [4.69, 9.17) is 0 Å². The highest BCUT2D eigenvalue weighted by Crippen LogP contribution is 2.19. The zero-order chi connectivity index (χ0) is 17.6. The summed E-state index contributed by atoms with van der Waals surface area (Å²) in [6, 6.07) is 9.81. The van der Waals surface area contributed by atoms with E-state index in [1.54, 1.807) is 11.6 Å². The Bertz CT molecular complexity index is 679. The first-order valence-corrected chi connectivity index (χ1v) is 8.64. The predicted octanol–water partition coefficient (Wildman–Crippen LogP) is 0.371. The smallest absolute Gasteiger partial charge is 0.223 e. The van der Waals surface area contributed by atoms with E-state index in [2.05, 4.69) is 25.7 Å². The van der Waals surface area contributed by atoms with Gasteiger partial charge in [0, 0.05) is 12.5 Å². The van der Waals surface area contributed by atoms with Crippen molar-refractivity contribution in [3.8, 4) is 5.69 Å². The van der Waals surface area contributed by atoms with Crippen molar-refractivity contribution in [2.24, 2.45) is 5.92 Å². The molecule has 1 atom stereocenters. The van der Waals surface area contributed by atoms with Crippen LogP contribution in [0.2, 0.25) is 0 Å². The number of likely N-dealkylation sites (tertiary alicyclic amines) is 1. The Labute approximate surface area is 146 Å². The normalized spacial score (nSPS) is 17.4. The minimum atomic E-state index is -0.513. The highest BCUT2D eigenvalue weighted by atomic mass is 16.3.